The molecule has 0 aromatic carbocycles. The number of aromatic nitrogens is 2. The number of esters is 1. The van der Waals surface area contributed by atoms with Crippen LogP contribution in [0.3, 0.4) is 0 Å². The predicted octanol–water partition coefficient (Wildman–Crippen LogP) is 7.91. The number of rotatable bonds is 11. The molecule has 0 aliphatic heterocycles. The number of ether oxygens (including phenoxy) is 2. The van der Waals surface area contributed by atoms with Crippen molar-refractivity contribution in [3.8, 4) is 0 Å². The van der Waals surface area contributed by atoms with Crippen LogP contribution in [0.25, 0.3) is 11.0 Å². The molecule has 7 nitrogen and oxygen atoms in total. The van der Waals surface area contributed by atoms with E-state index in [1.54, 1.807) is 6.20 Å². The van der Waals surface area contributed by atoms with Gasteiger partial charge in [0, 0.05) is 38.5 Å². The van der Waals surface area contributed by atoms with Gasteiger partial charge in [0.15, 0.2) is 8.32 Å². The highest BCUT2D eigenvalue weighted by molar-refractivity contribution is 6.76. The largest absolute Gasteiger partial charge is 0.462 e. The Labute approximate surface area is 249 Å². The van der Waals surface area contributed by atoms with E-state index in [9.17, 15) is 4.79 Å². The molecule has 9 heteroatoms. The van der Waals surface area contributed by atoms with Gasteiger partial charge in [0.2, 0.25) is 0 Å². The molecule has 41 heavy (non-hydrogen) atoms. The molecule has 6 rings (SSSR count). The van der Waals surface area contributed by atoms with Gasteiger partial charge in [-0.1, -0.05) is 40.4 Å². The van der Waals surface area contributed by atoms with E-state index >= 15 is 0 Å². The zero-order valence-electron chi connectivity index (χ0n) is 26.9. The zero-order valence-corrected chi connectivity index (χ0v) is 28.9. The van der Waals surface area contributed by atoms with Crippen molar-refractivity contribution >= 4 is 39.1 Å². The molecule has 4 bridgehead atoms. The molecular formula is C32H53N3O4Si2. The van der Waals surface area contributed by atoms with E-state index in [0.29, 0.717) is 36.8 Å². The lowest BCUT2D eigenvalue weighted by molar-refractivity contribution is -0.120. The number of nitrogens with one attached hydrogen (secondary N) is 1. The summed E-state index contributed by atoms with van der Waals surface area (Å²) in [5.41, 5.74) is 2.25. The molecule has 3 unspecified atom stereocenters. The summed E-state index contributed by atoms with van der Waals surface area (Å²) in [5.74, 6) is 1.50. The van der Waals surface area contributed by atoms with Crippen LogP contribution >= 0.6 is 0 Å². The average molecular weight is 600 g/mol. The SMILES string of the molecule is CCOC(=O)c1cnc2c(ccn2COCC[Si](C)(C)C)c1NC1[C@@H]2CC3C[C@H]1CC(O[Si](C)(C)C(C)(C)C)(C3)C2. The molecule has 5 atom stereocenters. The van der Waals surface area contributed by atoms with Crippen molar-refractivity contribution in [3.63, 3.8) is 0 Å². The van der Waals surface area contributed by atoms with Gasteiger partial charge in [0.1, 0.15) is 17.9 Å². The number of hydrogen-bond acceptors (Lipinski definition) is 6. The minimum absolute atomic E-state index is 0.0196. The zero-order chi connectivity index (χ0) is 29.8. The molecule has 0 radical (unpaired) electrons. The van der Waals surface area contributed by atoms with Crippen LogP contribution < -0.4 is 5.32 Å². The molecule has 4 fully saturated rings. The van der Waals surface area contributed by atoms with E-state index in [2.05, 4.69) is 69.5 Å². The van der Waals surface area contributed by atoms with Gasteiger partial charge in [0.25, 0.3) is 0 Å². The predicted molar refractivity (Wildman–Crippen MR) is 172 cm³/mol. The highest BCUT2D eigenvalue weighted by Crippen LogP contribution is 2.59. The average Bonchev–Trinajstić information content (AvgIpc) is 3.25. The Morgan fingerprint density at radius 3 is 2.41 bits per heavy atom. The fourth-order valence-corrected chi connectivity index (χ4v) is 9.87. The Morgan fingerprint density at radius 2 is 1.80 bits per heavy atom. The summed E-state index contributed by atoms with van der Waals surface area (Å²) in [7, 11) is -3.03. The molecule has 0 amide bonds. The molecule has 4 aliphatic carbocycles. The van der Waals surface area contributed by atoms with Crippen molar-refractivity contribution < 1.29 is 18.7 Å². The summed E-state index contributed by atoms with van der Waals surface area (Å²) in [5, 5.41) is 5.12. The summed E-state index contributed by atoms with van der Waals surface area (Å²) in [6.07, 6.45) is 9.65. The fourth-order valence-electron chi connectivity index (χ4n) is 7.47. The Morgan fingerprint density at radius 1 is 1.12 bits per heavy atom. The van der Waals surface area contributed by atoms with Gasteiger partial charge in [0.05, 0.1) is 17.9 Å². The number of nitrogens with zero attached hydrogens (tertiary/aromatic N) is 2. The van der Waals surface area contributed by atoms with Crippen LogP contribution in [0.1, 0.15) is 70.2 Å². The lowest BCUT2D eigenvalue weighted by Gasteiger charge is -2.62. The number of fused-ring (bicyclic) bond motifs is 1. The van der Waals surface area contributed by atoms with Crippen LogP contribution in [0.4, 0.5) is 5.69 Å². The van der Waals surface area contributed by atoms with Gasteiger partial charge in [-0.2, -0.15) is 0 Å². The second-order valence-electron chi connectivity index (χ2n) is 15.8. The third kappa shape index (κ3) is 6.33. The van der Waals surface area contributed by atoms with E-state index in [0.717, 1.165) is 48.1 Å². The standard InChI is InChI=1S/C32H53N3O4Si2/c1-10-38-30(36)26-20-33-29-25(11-12-35(29)21-37-13-14-40(5,6)7)28(26)34-27-23-15-22-16-24(27)19-32(17-22,18-23)39-41(8,9)31(2,3)4/h11-12,20,22-24,27H,10,13-19,21H2,1-9H3,(H,33,34)/t22?,23-,24+,27?,32?. The topological polar surface area (TPSA) is 74.6 Å². The Balaban J connectivity index is 1.40. The van der Waals surface area contributed by atoms with Crippen molar-refractivity contribution in [1.82, 2.24) is 9.55 Å². The van der Waals surface area contributed by atoms with Crippen LogP contribution in [0.15, 0.2) is 18.5 Å². The van der Waals surface area contributed by atoms with E-state index in [1.807, 2.05) is 13.1 Å². The Bertz CT molecular complexity index is 1250. The molecule has 1 N–H and O–H groups in total. The third-order valence-corrected chi connectivity index (χ3v) is 16.6. The summed E-state index contributed by atoms with van der Waals surface area (Å²) < 4.78 is 20.8. The quantitative estimate of drug-likeness (QED) is 0.161. The number of carbonyl (C=O) groups excluding carboxylic acids is 1. The molecular weight excluding hydrogens is 547 g/mol. The number of anilines is 1. The minimum Gasteiger partial charge on any atom is -0.462 e. The molecule has 2 aromatic heterocycles. The minimum atomic E-state index is -1.88. The monoisotopic (exact) mass is 599 g/mol. The molecule has 0 spiro atoms. The Hall–Kier alpha value is -1.69. The summed E-state index contributed by atoms with van der Waals surface area (Å²) in [4.78, 5) is 17.9. The van der Waals surface area contributed by atoms with Crippen LogP contribution in [-0.2, 0) is 20.6 Å². The van der Waals surface area contributed by atoms with E-state index in [1.165, 1.54) is 19.3 Å². The summed E-state index contributed by atoms with van der Waals surface area (Å²) in [6, 6.07) is 3.52. The van der Waals surface area contributed by atoms with Crippen molar-refractivity contribution in [1.29, 1.82) is 0 Å². The van der Waals surface area contributed by atoms with Gasteiger partial charge in [-0.15, -0.1) is 0 Å². The molecule has 2 aromatic rings. The van der Waals surface area contributed by atoms with Crippen molar-refractivity contribution in [2.45, 2.75) is 122 Å². The van der Waals surface area contributed by atoms with Crippen LogP contribution in [0, 0.1) is 17.8 Å². The van der Waals surface area contributed by atoms with Gasteiger partial charge < -0.3 is 23.8 Å². The molecule has 228 valence electrons. The molecule has 0 saturated heterocycles. The maximum atomic E-state index is 13.1. The molecule has 4 saturated carbocycles. The second kappa shape index (κ2) is 11.1. The van der Waals surface area contributed by atoms with Crippen molar-refractivity contribution in [2.24, 2.45) is 17.8 Å². The second-order valence-corrected chi connectivity index (χ2v) is 26.2. The lowest BCUT2D eigenvalue weighted by atomic mass is 9.52. The van der Waals surface area contributed by atoms with Crippen LogP contribution in [0.2, 0.25) is 43.8 Å². The highest BCUT2D eigenvalue weighted by Gasteiger charge is 2.58. The van der Waals surface area contributed by atoms with E-state index in [4.69, 9.17) is 18.9 Å². The molecule has 2 heterocycles. The van der Waals surface area contributed by atoms with Crippen LogP contribution in [0.5, 0.6) is 0 Å². The van der Waals surface area contributed by atoms with Crippen LogP contribution in [-0.4, -0.2) is 56.8 Å². The first kappa shape index (κ1) is 30.8. The van der Waals surface area contributed by atoms with Gasteiger partial charge in [-0.25, -0.2) is 9.78 Å². The summed E-state index contributed by atoms with van der Waals surface area (Å²) >= 11 is 0. The Kier molecular flexibility index (Phi) is 8.33. The number of carbonyl (C=O) groups is 1. The van der Waals surface area contributed by atoms with E-state index < -0.39 is 16.4 Å². The fraction of sp³-hybridized carbons (Fsp3) is 0.750. The van der Waals surface area contributed by atoms with E-state index in [-0.39, 0.29) is 16.6 Å². The first-order valence-corrected chi connectivity index (χ1v) is 22.4. The first-order valence-electron chi connectivity index (χ1n) is 15.8. The number of pyridine rings is 1. The molecule has 4 aliphatic rings. The van der Waals surface area contributed by atoms with Crippen molar-refractivity contribution in [2.75, 3.05) is 18.5 Å². The third-order valence-electron chi connectivity index (χ3n) is 10.3. The first-order chi connectivity index (χ1) is 19.1. The maximum Gasteiger partial charge on any atom is 0.341 e. The van der Waals surface area contributed by atoms with Crippen molar-refractivity contribution in [3.05, 3.63) is 24.0 Å². The van der Waals surface area contributed by atoms with Gasteiger partial charge >= 0.3 is 5.97 Å². The summed E-state index contributed by atoms with van der Waals surface area (Å²) in [6.45, 7) is 22.3. The van der Waals surface area contributed by atoms with Gasteiger partial charge in [-0.3, -0.25) is 0 Å². The highest BCUT2D eigenvalue weighted by atomic mass is 28.4. The van der Waals surface area contributed by atoms with Gasteiger partial charge in [-0.05, 0) is 87.0 Å². The lowest BCUT2D eigenvalue weighted by Crippen LogP contribution is -2.63. The maximum absolute atomic E-state index is 13.1. The number of hydrogen-bond donors (Lipinski definition) is 1. The smallest absolute Gasteiger partial charge is 0.341 e. The normalized spacial score (nSPS) is 27.9.